The Hall–Kier alpha value is -1.72. The third kappa shape index (κ3) is 5.15. The molecule has 0 saturated heterocycles. The van der Waals surface area contributed by atoms with Gasteiger partial charge in [-0.3, -0.25) is 0 Å². The van der Waals surface area contributed by atoms with Gasteiger partial charge in [0.05, 0.1) is 13.2 Å². The number of para-hydroxylation sites is 1. The Balaban J connectivity index is 1.67. The van der Waals surface area contributed by atoms with Crippen molar-refractivity contribution in [3.8, 4) is 5.75 Å². The Morgan fingerprint density at radius 3 is 2.52 bits per heavy atom. The summed E-state index contributed by atoms with van der Waals surface area (Å²) < 4.78 is 12.1. The van der Waals surface area contributed by atoms with Gasteiger partial charge in [0, 0.05) is 28.7 Å². The van der Waals surface area contributed by atoms with E-state index in [4.69, 9.17) is 9.47 Å². The summed E-state index contributed by atoms with van der Waals surface area (Å²) in [7, 11) is 0. The third-order valence-corrected chi connectivity index (χ3v) is 4.88. The largest absolute Gasteiger partial charge is 0.618 e. The van der Waals surface area contributed by atoms with E-state index in [0.717, 1.165) is 33.1 Å². The fourth-order valence-electron chi connectivity index (χ4n) is 2.22. The number of pyridine rings is 1. The van der Waals surface area contributed by atoms with Gasteiger partial charge in [-0.2, -0.15) is 4.73 Å². The predicted octanol–water partition coefficient (Wildman–Crippen LogP) is 3.43. The fraction of sp³-hybridized carbons (Fsp3) is 0.389. The van der Waals surface area contributed by atoms with Gasteiger partial charge in [-0.05, 0) is 26.0 Å². The zero-order valence-electron chi connectivity index (χ0n) is 13.9. The quantitative estimate of drug-likeness (QED) is 0.321. The lowest BCUT2D eigenvalue weighted by Crippen LogP contribution is -2.31. The van der Waals surface area contributed by atoms with Gasteiger partial charge in [0.15, 0.2) is 11.9 Å². The molecular weight excluding hydrogens is 310 g/mol. The van der Waals surface area contributed by atoms with Crippen LogP contribution in [0.15, 0.2) is 41.4 Å². The van der Waals surface area contributed by atoms with Crippen LogP contribution in [-0.4, -0.2) is 25.6 Å². The van der Waals surface area contributed by atoms with Crippen LogP contribution in [0.3, 0.4) is 0 Å². The number of hydrogen-bond donors (Lipinski definition) is 0. The summed E-state index contributed by atoms with van der Waals surface area (Å²) >= 11 is 1.73. The molecule has 2 aromatic rings. The van der Waals surface area contributed by atoms with Crippen LogP contribution in [0.1, 0.15) is 16.8 Å². The molecule has 23 heavy (non-hydrogen) atoms. The summed E-state index contributed by atoms with van der Waals surface area (Å²) in [5.74, 6) is 1.72. The van der Waals surface area contributed by atoms with Gasteiger partial charge in [0.25, 0.3) is 0 Å². The number of hydrogen-bond acceptors (Lipinski definition) is 4. The minimum absolute atomic E-state index is 0.549. The van der Waals surface area contributed by atoms with Gasteiger partial charge in [-0.15, -0.1) is 11.8 Å². The second-order valence-electron chi connectivity index (χ2n) is 5.30. The predicted molar refractivity (Wildman–Crippen MR) is 93.1 cm³/mol. The van der Waals surface area contributed by atoms with Crippen molar-refractivity contribution < 1.29 is 14.2 Å². The molecule has 4 nitrogen and oxygen atoms in total. The van der Waals surface area contributed by atoms with E-state index in [1.54, 1.807) is 18.0 Å². The highest BCUT2D eigenvalue weighted by atomic mass is 32.2. The van der Waals surface area contributed by atoms with Crippen LogP contribution in [0.4, 0.5) is 0 Å². The number of nitrogens with zero attached hydrogens (tertiary/aromatic N) is 1. The van der Waals surface area contributed by atoms with Crippen molar-refractivity contribution in [3.05, 3.63) is 58.6 Å². The van der Waals surface area contributed by atoms with E-state index in [9.17, 15) is 5.21 Å². The summed E-state index contributed by atoms with van der Waals surface area (Å²) in [5, 5.41) is 11.6. The first-order valence-electron chi connectivity index (χ1n) is 7.68. The highest BCUT2D eigenvalue weighted by Gasteiger charge is 2.13. The van der Waals surface area contributed by atoms with Crippen LogP contribution in [0, 0.1) is 26.0 Å². The molecular formula is C18H23NO3S. The number of aromatic nitrogens is 1. The van der Waals surface area contributed by atoms with Crippen molar-refractivity contribution >= 4 is 11.8 Å². The summed E-state index contributed by atoms with van der Waals surface area (Å²) in [6, 6.07) is 9.73. The zero-order chi connectivity index (χ0) is 16.7. The maximum atomic E-state index is 11.6. The number of thioether (sulfide) groups is 1. The Labute approximate surface area is 142 Å². The molecule has 0 atom stereocenters. The molecule has 0 aliphatic heterocycles. The van der Waals surface area contributed by atoms with E-state index in [1.807, 2.05) is 51.1 Å². The molecule has 0 amide bonds. The summed E-state index contributed by atoms with van der Waals surface area (Å²) in [4.78, 5) is 1.18. The van der Waals surface area contributed by atoms with Crippen molar-refractivity contribution in [3.63, 3.8) is 0 Å². The van der Waals surface area contributed by atoms with Gasteiger partial charge in [-0.1, -0.05) is 18.2 Å². The van der Waals surface area contributed by atoms with Gasteiger partial charge in [-0.25, -0.2) is 0 Å². The first-order valence-corrected chi connectivity index (χ1v) is 8.66. The second kappa shape index (κ2) is 8.79. The molecule has 0 radical (unpaired) electrons. The maximum absolute atomic E-state index is 11.6. The third-order valence-electron chi connectivity index (χ3n) is 3.60. The molecule has 0 N–H and O–H groups in total. The van der Waals surface area contributed by atoms with Gasteiger partial charge in [0.2, 0.25) is 0 Å². The average Bonchev–Trinajstić information content (AvgIpc) is 2.55. The van der Waals surface area contributed by atoms with E-state index in [-0.39, 0.29) is 0 Å². The molecule has 1 heterocycles. The molecule has 0 fully saturated rings. The Bertz CT molecular complexity index is 632. The van der Waals surface area contributed by atoms with Crippen LogP contribution >= 0.6 is 11.8 Å². The Morgan fingerprint density at radius 2 is 1.78 bits per heavy atom. The molecule has 2 rings (SSSR count). The van der Waals surface area contributed by atoms with Crippen molar-refractivity contribution in [2.45, 2.75) is 25.7 Å². The van der Waals surface area contributed by atoms with E-state index in [1.165, 1.54) is 4.90 Å². The molecule has 1 aromatic carbocycles. The molecule has 0 spiro atoms. The summed E-state index contributed by atoms with van der Waals surface area (Å²) in [5.41, 5.74) is 2.83. The summed E-state index contributed by atoms with van der Waals surface area (Å²) in [6.07, 6.45) is 1.64. The smallest absolute Gasteiger partial charge is 0.193 e. The lowest BCUT2D eigenvalue weighted by atomic mass is 10.2. The first kappa shape index (κ1) is 17.6. The topological polar surface area (TPSA) is 45.4 Å². The lowest BCUT2D eigenvalue weighted by Gasteiger charge is -2.12. The molecule has 5 heteroatoms. The van der Waals surface area contributed by atoms with Crippen LogP contribution in [0.2, 0.25) is 0 Å². The molecule has 0 bridgehead atoms. The lowest BCUT2D eigenvalue weighted by molar-refractivity contribution is -0.613. The van der Waals surface area contributed by atoms with E-state index in [2.05, 4.69) is 0 Å². The van der Waals surface area contributed by atoms with Crippen LogP contribution in [-0.2, 0) is 4.74 Å². The van der Waals surface area contributed by atoms with Gasteiger partial charge >= 0.3 is 0 Å². The molecule has 1 aromatic heterocycles. The van der Waals surface area contributed by atoms with Crippen LogP contribution in [0.5, 0.6) is 5.75 Å². The van der Waals surface area contributed by atoms with Crippen molar-refractivity contribution in [1.29, 1.82) is 0 Å². The van der Waals surface area contributed by atoms with E-state index in [0.29, 0.717) is 19.8 Å². The Kier molecular flexibility index (Phi) is 6.74. The molecule has 0 unspecified atom stereocenters. The van der Waals surface area contributed by atoms with Crippen LogP contribution in [0.25, 0.3) is 0 Å². The standard InChI is InChI=1S/C18H23NO3S/c1-14-13-19(20)16(3)15(2)18(14)23-12-11-21-9-10-22-17-7-5-4-6-8-17/h4-8,13H,9-12H2,1-3H3. The number of ether oxygens (including phenoxy) is 2. The van der Waals surface area contributed by atoms with Gasteiger partial charge < -0.3 is 14.7 Å². The molecule has 0 saturated carbocycles. The van der Waals surface area contributed by atoms with E-state index < -0.39 is 0 Å². The normalized spacial score (nSPS) is 10.7. The monoisotopic (exact) mass is 333 g/mol. The highest BCUT2D eigenvalue weighted by molar-refractivity contribution is 7.99. The minimum atomic E-state index is 0.549. The number of rotatable bonds is 8. The SMILES string of the molecule is Cc1c[n+]([O-])c(C)c(C)c1SCCOCCOc1ccccc1. The molecule has 0 aliphatic carbocycles. The van der Waals surface area contributed by atoms with E-state index >= 15 is 0 Å². The van der Waals surface area contributed by atoms with Gasteiger partial charge in [0.1, 0.15) is 12.4 Å². The molecule has 124 valence electrons. The first-order chi connectivity index (χ1) is 11.1. The Morgan fingerprint density at radius 1 is 1.04 bits per heavy atom. The fourth-order valence-corrected chi connectivity index (χ4v) is 3.27. The van der Waals surface area contributed by atoms with Crippen molar-refractivity contribution in [2.75, 3.05) is 25.6 Å². The number of aryl methyl sites for hydroxylation is 1. The summed E-state index contributed by atoms with van der Waals surface area (Å²) in [6.45, 7) is 7.59. The molecule has 0 aliphatic rings. The second-order valence-corrected chi connectivity index (χ2v) is 6.40. The zero-order valence-corrected chi connectivity index (χ0v) is 14.7. The van der Waals surface area contributed by atoms with Crippen molar-refractivity contribution in [2.24, 2.45) is 0 Å². The van der Waals surface area contributed by atoms with Crippen LogP contribution < -0.4 is 9.47 Å². The minimum Gasteiger partial charge on any atom is -0.618 e. The van der Waals surface area contributed by atoms with Crippen molar-refractivity contribution in [1.82, 2.24) is 0 Å². The maximum Gasteiger partial charge on any atom is 0.193 e. The number of benzene rings is 1. The average molecular weight is 333 g/mol. The highest BCUT2D eigenvalue weighted by Crippen LogP contribution is 2.26.